The first-order valence-corrected chi connectivity index (χ1v) is 3.84. The lowest BCUT2D eigenvalue weighted by Gasteiger charge is -1.98. The minimum absolute atomic E-state index is 0.500. The lowest BCUT2D eigenvalue weighted by molar-refractivity contribution is 0.387. The minimum Gasteiger partial charge on any atom is -0.303 e. The number of halogens is 2. The van der Waals surface area contributed by atoms with Gasteiger partial charge in [-0.25, -0.2) is 0 Å². The van der Waals surface area contributed by atoms with Crippen molar-refractivity contribution >= 4 is 27.9 Å². The summed E-state index contributed by atoms with van der Waals surface area (Å²) in [7, 11) is 0. The van der Waals surface area contributed by atoms with Gasteiger partial charge in [0.25, 0.3) is 0 Å². The summed E-state index contributed by atoms with van der Waals surface area (Å²) in [6, 6.07) is 7.57. The van der Waals surface area contributed by atoms with E-state index < -0.39 is 0 Å². The summed E-state index contributed by atoms with van der Waals surface area (Å²) in [6.07, 6.45) is 0. The summed E-state index contributed by atoms with van der Waals surface area (Å²) >= 11 is 8.66. The van der Waals surface area contributed by atoms with E-state index in [1.165, 1.54) is 0 Å². The molecule has 0 bridgehead atoms. The molecule has 10 heavy (non-hydrogen) atoms. The van der Waals surface area contributed by atoms with Gasteiger partial charge in [0.1, 0.15) is 0 Å². The molecule has 0 unspecified atom stereocenters. The molecule has 1 nitrogen and oxygen atoms in total. The van der Waals surface area contributed by atoms with Gasteiger partial charge in [-0.1, -0.05) is 29.8 Å². The zero-order valence-corrected chi connectivity index (χ0v) is 7.52. The summed E-state index contributed by atoms with van der Waals surface area (Å²) in [5, 5.41) is 0.738. The van der Waals surface area contributed by atoms with Crippen molar-refractivity contribution in [2.24, 2.45) is 0 Å². The second-order valence-corrected chi connectivity index (χ2v) is 2.71. The third-order valence-electron chi connectivity index (χ3n) is 1.17. The maximum atomic E-state index is 5.80. The highest BCUT2D eigenvalue weighted by molar-refractivity contribution is 9.06. The predicted molar refractivity (Wildman–Crippen MR) is 45.2 cm³/mol. The van der Waals surface area contributed by atoms with Crippen molar-refractivity contribution in [3.8, 4) is 0 Å². The average molecular weight is 221 g/mol. The Bertz CT molecular complexity index is 215. The SMILES string of the molecule is Clc1ccccc1COBr. The average Bonchev–Trinajstić information content (AvgIpc) is 1.94. The van der Waals surface area contributed by atoms with Crippen LogP contribution in [0.2, 0.25) is 5.02 Å². The number of benzene rings is 1. The summed E-state index contributed by atoms with van der Waals surface area (Å²) in [5.41, 5.74) is 0.987. The van der Waals surface area contributed by atoms with E-state index in [0.717, 1.165) is 10.6 Å². The van der Waals surface area contributed by atoms with Crippen molar-refractivity contribution in [2.45, 2.75) is 6.61 Å². The van der Waals surface area contributed by atoms with Crippen LogP contribution in [0.25, 0.3) is 0 Å². The van der Waals surface area contributed by atoms with E-state index in [2.05, 4.69) is 16.3 Å². The van der Waals surface area contributed by atoms with Crippen molar-refractivity contribution < 1.29 is 3.83 Å². The molecule has 0 aliphatic rings. The summed E-state index contributed by atoms with van der Waals surface area (Å²) in [5.74, 6) is 0. The van der Waals surface area contributed by atoms with E-state index >= 15 is 0 Å². The molecular weight excluding hydrogens is 215 g/mol. The van der Waals surface area contributed by atoms with Crippen LogP contribution in [0.15, 0.2) is 24.3 Å². The topological polar surface area (TPSA) is 9.23 Å². The molecule has 0 N–H and O–H groups in total. The minimum atomic E-state index is 0.500. The monoisotopic (exact) mass is 220 g/mol. The first-order chi connectivity index (χ1) is 4.84. The highest BCUT2D eigenvalue weighted by Crippen LogP contribution is 2.16. The highest BCUT2D eigenvalue weighted by atomic mass is 79.9. The smallest absolute Gasteiger partial charge is 0.0991 e. The van der Waals surface area contributed by atoms with Crippen molar-refractivity contribution in [3.63, 3.8) is 0 Å². The van der Waals surface area contributed by atoms with Gasteiger partial charge < -0.3 is 3.83 Å². The molecule has 0 saturated carbocycles. The van der Waals surface area contributed by atoms with Crippen LogP contribution >= 0.6 is 27.9 Å². The van der Waals surface area contributed by atoms with Crippen LogP contribution in [0.3, 0.4) is 0 Å². The Hall–Kier alpha value is -0.0500. The molecule has 0 saturated heterocycles. The van der Waals surface area contributed by atoms with Gasteiger partial charge in [-0.3, -0.25) is 0 Å². The summed E-state index contributed by atoms with van der Waals surface area (Å²) < 4.78 is 4.74. The normalized spacial score (nSPS) is 9.80. The van der Waals surface area contributed by atoms with E-state index in [9.17, 15) is 0 Å². The molecule has 0 fully saturated rings. The van der Waals surface area contributed by atoms with Gasteiger partial charge in [-0.05, 0) is 11.6 Å². The van der Waals surface area contributed by atoms with E-state index in [1.807, 2.05) is 24.3 Å². The Morgan fingerprint density at radius 1 is 1.40 bits per heavy atom. The van der Waals surface area contributed by atoms with Crippen LogP contribution < -0.4 is 0 Å². The zero-order chi connectivity index (χ0) is 7.40. The Labute approximate surface area is 73.4 Å². The van der Waals surface area contributed by atoms with Crippen LogP contribution in [0, 0.1) is 0 Å². The quantitative estimate of drug-likeness (QED) is 0.745. The van der Waals surface area contributed by atoms with Gasteiger partial charge in [-0.15, -0.1) is 0 Å². The van der Waals surface area contributed by atoms with Crippen LogP contribution in [-0.4, -0.2) is 0 Å². The number of rotatable bonds is 2. The first-order valence-electron chi connectivity index (χ1n) is 2.81. The molecule has 54 valence electrons. The molecule has 1 aromatic rings. The van der Waals surface area contributed by atoms with Crippen LogP contribution in [-0.2, 0) is 10.4 Å². The van der Waals surface area contributed by atoms with Crippen molar-refractivity contribution in [3.05, 3.63) is 34.9 Å². The largest absolute Gasteiger partial charge is 0.303 e. The fraction of sp³-hybridized carbons (Fsp3) is 0.143. The molecular formula is C7H6BrClO. The number of hydrogen-bond donors (Lipinski definition) is 0. The van der Waals surface area contributed by atoms with Crippen LogP contribution in [0.1, 0.15) is 5.56 Å². The van der Waals surface area contributed by atoms with E-state index in [-0.39, 0.29) is 0 Å². The summed E-state index contributed by atoms with van der Waals surface area (Å²) in [6.45, 7) is 0.500. The molecule has 0 aromatic heterocycles. The third kappa shape index (κ3) is 1.97. The molecule has 3 heteroatoms. The Balaban J connectivity index is 2.81. The van der Waals surface area contributed by atoms with Gasteiger partial charge >= 0.3 is 0 Å². The third-order valence-corrected chi connectivity index (χ3v) is 1.77. The van der Waals surface area contributed by atoms with Crippen molar-refractivity contribution in [2.75, 3.05) is 0 Å². The zero-order valence-electron chi connectivity index (χ0n) is 5.18. The van der Waals surface area contributed by atoms with Gasteiger partial charge in [-0.2, -0.15) is 0 Å². The molecule has 0 radical (unpaired) electrons. The van der Waals surface area contributed by atoms with Crippen molar-refractivity contribution in [1.29, 1.82) is 0 Å². The standard InChI is InChI=1S/C7H6BrClO/c8-10-5-6-3-1-2-4-7(6)9/h1-4H,5H2. The molecule has 0 aliphatic heterocycles. The molecule has 1 rings (SSSR count). The predicted octanol–water partition coefficient (Wildman–Crippen LogP) is 3.17. The van der Waals surface area contributed by atoms with Crippen LogP contribution in [0.4, 0.5) is 0 Å². The Morgan fingerprint density at radius 2 is 2.10 bits per heavy atom. The Kier molecular flexibility index (Phi) is 3.19. The molecule has 0 atom stereocenters. The maximum Gasteiger partial charge on any atom is 0.0991 e. The second-order valence-electron chi connectivity index (χ2n) is 1.84. The highest BCUT2D eigenvalue weighted by Gasteiger charge is 1.95. The van der Waals surface area contributed by atoms with Gasteiger partial charge in [0.2, 0.25) is 0 Å². The first kappa shape index (κ1) is 8.05. The van der Waals surface area contributed by atoms with Gasteiger partial charge in [0, 0.05) is 5.02 Å². The molecule has 0 aliphatic carbocycles. The summed E-state index contributed by atoms with van der Waals surface area (Å²) in [4.78, 5) is 0. The molecule has 1 aromatic carbocycles. The van der Waals surface area contributed by atoms with E-state index in [4.69, 9.17) is 15.4 Å². The maximum absolute atomic E-state index is 5.80. The van der Waals surface area contributed by atoms with Gasteiger partial charge in [0.15, 0.2) is 0 Å². The Morgan fingerprint density at radius 3 is 2.70 bits per heavy atom. The second kappa shape index (κ2) is 3.96. The van der Waals surface area contributed by atoms with E-state index in [1.54, 1.807) is 0 Å². The van der Waals surface area contributed by atoms with E-state index in [0.29, 0.717) is 6.61 Å². The fourth-order valence-electron chi connectivity index (χ4n) is 0.674. The molecule has 0 spiro atoms. The fourth-order valence-corrected chi connectivity index (χ4v) is 1.11. The van der Waals surface area contributed by atoms with Gasteiger partial charge in [0.05, 0.1) is 22.9 Å². The lowest BCUT2D eigenvalue weighted by atomic mass is 10.2. The molecule has 0 amide bonds. The van der Waals surface area contributed by atoms with Crippen LogP contribution in [0.5, 0.6) is 0 Å². The lowest BCUT2D eigenvalue weighted by Crippen LogP contribution is -1.83. The molecule has 0 heterocycles. The number of hydrogen-bond acceptors (Lipinski definition) is 1. The van der Waals surface area contributed by atoms with Crippen molar-refractivity contribution in [1.82, 2.24) is 0 Å².